The zero-order valence-electron chi connectivity index (χ0n) is 17.6. The fourth-order valence-corrected chi connectivity index (χ4v) is 3.32. The van der Waals surface area contributed by atoms with E-state index in [9.17, 15) is 9.59 Å². The van der Waals surface area contributed by atoms with E-state index in [1.165, 1.54) is 0 Å². The Balaban J connectivity index is 2.44. The third-order valence-corrected chi connectivity index (χ3v) is 4.73. The summed E-state index contributed by atoms with van der Waals surface area (Å²) < 4.78 is 2.14. The summed E-state index contributed by atoms with van der Waals surface area (Å²) in [6.07, 6.45) is 3.01. The summed E-state index contributed by atoms with van der Waals surface area (Å²) >= 11 is 0. The molecule has 2 N–H and O–H groups in total. The van der Waals surface area contributed by atoms with Crippen LogP contribution >= 0.6 is 0 Å². The van der Waals surface area contributed by atoms with Crippen LogP contribution in [0.15, 0.2) is 5.57 Å². The van der Waals surface area contributed by atoms with Crippen LogP contribution in [-0.2, 0) is 17.9 Å². The Morgan fingerprint density at radius 3 is 2.44 bits per heavy atom. The molecule has 7 heteroatoms. The Kier molecular flexibility index (Phi) is 6.46. The van der Waals surface area contributed by atoms with Gasteiger partial charge in [0.2, 0.25) is 5.91 Å². The minimum Gasteiger partial charge on any atom is -0.357 e. The first-order valence-corrected chi connectivity index (χ1v) is 9.50. The van der Waals surface area contributed by atoms with E-state index in [0.29, 0.717) is 12.2 Å². The molecule has 1 aliphatic rings. The van der Waals surface area contributed by atoms with Crippen molar-refractivity contribution in [2.75, 3.05) is 20.6 Å². The van der Waals surface area contributed by atoms with Crippen molar-refractivity contribution in [3.63, 3.8) is 0 Å². The molecule has 0 fully saturated rings. The Morgan fingerprint density at radius 1 is 1.22 bits per heavy atom. The van der Waals surface area contributed by atoms with Gasteiger partial charge in [-0.15, -0.1) is 0 Å². The molecule has 1 aliphatic heterocycles. The fraction of sp³-hybridized carbons (Fsp3) is 0.650. The smallest absolute Gasteiger partial charge is 0.272 e. The van der Waals surface area contributed by atoms with Gasteiger partial charge < -0.3 is 20.1 Å². The highest BCUT2D eigenvalue weighted by atomic mass is 16.2. The van der Waals surface area contributed by atoms with E-state index in [0.717, 1.165) is 36.6 Å². The number of carbonyl (C=O) groups excluding carboxylic acids is 2. The zero-order chi connectivity index (χ0) is 20.4. The maximum atomic E-state index is 13.1. The van der Waals surface area contributed by atoms with Gasteiger partial charge in [-0.1, -0.05) is 26.3 Å². The molecule has 0 spiro atoms. The van der Waals surface area contributed by atoms with Gasteiger partial charge >= 0.3 is 0 Å². The van der Waals surface area contributed by atoms with Crippen LogP contribution in [0.5, 0.6) is 0 Å². The topological polar surface area (TPSA) is 79.3 Å². The van der Waals surface area contributed by atoms with E-state index in [2.05, 4.69) is 25.1 Å². The van der Waals surface area contributed by atoms with Gasteiger partial charge in [0.05, 0.1) is 5.69 Å². The lowest BCUT2D eigenvalue weighted by Gasteiger charge is -2.29. The lowest BCUT2D eigenvalue weighted by Crippen LogP contribution is -2.53. The number of carbonyl (C=O) groups is 2. The minimum absolute atomic E-state index is 0.206. The van der Waals surface area contributed by atoms with E-state index in [1.807, 2.05) is 47.7 Å². The van der Waals surface area contributed by atoms with Crippen molar-refractivity contribution < 1.29 is 9.59 Å². The molecular formula is C20H33N5O2. The molecule has 0 saturated carbocycles. The summed E-state index contributed by atoms with van der Waals surface area (Å²) in [5, 5.41) is 5.55. The molecule has 1 atom stereocenters. The van der Waals surface area contributed by atoms with E-state index in [-0.39, 0.29) is 11.8 Å². The Labute approximate surface area is 162 Å². The molecule has 2 amide bonds. The van der Waals surface area contributed by atoms with Gasteiger partial charge in [-0.25, -0.2) is 4.98 Å². The molecule has 1 aromatic rings. The number of nitrogens with one attached hydrogen (secondary N) is 2. The summed E-state index contributed by atoms with van der Waals surface area (Å²) in [4.78, 5) is 32.3. The molecule has 1 aromatic heterocycles. The Bertz CT molecular complexity index is 738. The molecule has 27 heavy (non-hydrogen) atoms. The number of amides is 2. The van der Waals surface area contributed by atoms with Crippen molar-refractivity contribution in [2.45, 2.75) is 60.2 Å². The second kappa shape index (κ2) is 8.25. The standard InChI is InChI=1S/C20H33N5O2/c1-13(2)11-15-22-16(14-12-24(7)9-8-10-25(14)15)18(26)23-17(19(27)21-6)20(3,4)5/h11,17H,8-10,12H2,1-7H3,(H,21,27)(H,23,26)/t17-/m1/s1. The van der Waals surface area contributed by atoms with Crippen LogP contribution in [0.1, 0.15) is 63.0 Å². The molecule has 0 aromatic carbocycles. The number of nitrogens with zero attached hydrogens (tertiary/aromatic N) is 3. The average molecular weight is 376 g/mol. The third-order valence-electron chi connectivity index (χ3n) is 4.73. The SMILES string of the molecule is CNC(=O)[C@@H](NC(=O)c1nc(C=C(C)C)n2c1CN(C)CCC2)C(C)(C)C. The van der Waals surface area contributed by atoms with Crippen LogP contribution in [0.25, 0.3) is 6.08 Å². The van der Waals surface area contributed by atoms with Gasteiger partial charge in [-0.3, -0.25) is 9.59 Å². The van der Waals surface area contributed by atoms with Gasteiger partial charge in [-0.2, -0.15) is 0 Å². The van der Waals surface area contributed by atoms with Crippen LogP contribution in [0, 0.1) is 5.41 Å². The van der Waals surface area contributed by atoms with E-state index < -0.39 is 11.5 Å². The predicted molar refractivity (Wildman–Crippen MR) is 107 cm³/mol. The van der Waals surface area contributed by atoms with Gasteiger partial charge in [-0.05, 0) is 45.4 Å². The number of hydrogen-bond acceptors (Lipinski definition) is 4. The number of aromatic nitrogens is 2. The van der Waals surface area contributed by atoms with Crippen molar-refractivity contribution >= 4 is 17.9 Å². The molecule has 0 aliphatic carbocycles. The molecule has 0 bridgehead atoms. The molecule has 2 rings (SSSR count). The van der Waals surface area contributed by atoms with Crippen molar-refractivity contribution in [3.05, 3.63) is 22.8 Å². The van der Waals surface area contributed by atoms with E-state index >= 15 is 0 Å². The third kappa shape index (κ3) is 4.97. The zero-order valence-corrected chi connectivity index (χ0v) is 17.6. The molecule has 0 saturated heterocycles. The first-order chi connectivity index (χ1) is 12.5. The highest BCUT2D eigenvalue weighted by molar-refractivity contribution is 5.97. The maximum absolute atomic E-state index is 13.1. The van der Waals surface area contributed by atoms with E-state index in [4.69, 9.17) is 0 Å². The quantitative estimate of drug-likeness (QED) is 0.844. The number of likely N-dealkylation sites (N-methyl/N-ethyl adjacent to an activating group) is 1. The number of hydrogen-bond donors (Lipinski definition) is 2. The first-order valence-electron chi connectivity index (χ1n) is 9.50. The molecule has 0 unspecified atom stereocenters. The minimum atomic E-state index is -0.636. The second-order valence-electron chi connectivity index (χ2n) is 8.62. The lowest BCUT2D eigenvalue weighted by molar-refractivity contribution is -0.124. The van der Waals surface area contributed by atoms with Gasteiger partial charge in [0.15, 0.2) is 5.69 Å². The second-order valence-corrected chi connectivity index (χ2v) is 8.62. The predicted octanol–water partition coefficient (Wildman–Crippen LogP) is 2.03. The number of imidazole rings is 1. The lowest BCUT2D eigenvalue weighted by atomic mass is 9.86. The highest BCUT2D eigenvalue weighted by Gasteiger charge is 2.34. The normalized spacial score (nSPS) is 16.1. The summed E-state index contributed by atoms with van der Waals surface area (Å²) in [6, 6.07) is -0.636. The van der Waals surface area contributed by atoms with Crippen LogP contribution in [0.2, 0.25) is 0 Å². The highest BCUT2D eigenvalue weighted by Crippen LogP contribution is 2.23. The largest absolute Gasteiger partial charge is 0.357 e. The monoisotopic (exact) mass is 375 g/mol. The van der Waals surface area contributed by atoms with Crippen LogP contribution in [0.3, 0.4) is 0 Å². The summed E-state index contributed by atoms with van der Waals surface area (Å²) in [6.45, 7) is 12.3. The Morgan fingerprint density at radius 2 is 1.89 bits per heavy atom. The number of rotatable bonds is 4. The average Bonchev–Trinajstić information content (AvgIpc) is 2.75. The maximum Gasteiger partial charge on any atom is 0.272 e. The molecule has 7 nitrogen and oxygen atoms in total. The molecule has 150 valence electrons. The molecule has 0 radical (unpaired) electrons. The van der Waals surface area contributed by atoms with Gasteiger partial charge in [0, 0.05) is 20.1 Å². The fourth-order valence-electron chi connectivity index (χ4n) is 3.32. The van der Waals surface area contributed by atoms with E-state index in [1.54, 1.807) is 7.05 Å². The van der Waals surface area contributed by atoms with Gasteiger partial charge in [0.25, 0.3) is 5.91 Å². The van der Waals surface area contributed by atoms with Crippen LogP contribution in [-0.4, -0.2) is 52.9 Å². The molecular weight excluding hydrogens is 342 g/mol. The summed E-state index contributed by atoms with van der Waals surface area (Å²) in [5.41, 5.74) is 2.04. The van der Waals surface area contributed by atoms with Crippen molar-refractivity contribution in [1.29, 1.82) is 0 Å². The molecule has 2 heterocycles. The summed E-state index contributed by atoms with van der Waals surface area (Å²) in [5.74, 6) is 0.298. The summed E-state index contributed by atoms with van der Waals surface area (Å²) in [7, 11) is 3.63. The number of allylic oxidation sites excluding steroid dienone is 1. The number of fused-ring (bicyclic) bond motifs is 1. The van der Waals surface area contributed by atoms with Crippen LogP contribution < -0.4 is 10.6 Å². The van der Waals surface area contributed by atoms with Crippen molar-refractivity contribution in [1.82, 2.24) is 25.1 Å². The first kappa shape index (κ1) is 21.2. The van der Waals surface area contributed by atoms with Gasteiger partial charge in [0.1, 0.15) is 11.9 Å². The van der Waals surface area contributed by atoms with Crippen molar-refractivity contribution in [3.8, 4) is 0 Å². The van der Waals surface area contributed by atoms with Crippen molar-refractivity contribution in [2.24, 2.45) is 5.41 Å². The Hall–Kier alpha value is -2.15. The van der Waals surface area contributed by atoms with Crippen LogP contribution in [0.4, 0.5) is 0 Å².